The van der Waals surface area contributed by atoms with E-state index in [-0.39, 0.29) is 0 Å². The molecule has 1 heterocycles. The van der Waals surface area contributed by atoms with Gasteiger partial charge in [-0.2, -0.15) is 0 Å². The fourth-order valence-electron chi connectivity index (χ4n) is 3.59. The molecule has 0 spiro atoms. The van der Waals surface area contributed by atoms with Gasteiger partial charge in [0.05, 0.1) is 5.01 Å². The summed E-state index contributed by atoms with van der Waals surface area (Å²) in [5.74, 6) is 0.876. The van der Waals surface area contributed by atoms with Crippen LogP contribution < -0.4 is 5.32 Å². The molecule has 1 aromatic rings. The first-order valence-electron chi connectivity index (χ1n) is 8.42. The minimum Gasteiger partial charge on any atom is -0.314 e. The quantitative estimate of drug-likeness (QED) is 0.836. The Hall–Kier alpha value is -0.410. The van der Waals surface area contributed by atoms with Gasteiger partial charge in [0.2, 0.25) is 0 Å². The topological polar surface area (TPSA) is 24.9 Å². The lowest BCUT2D eigenvalue weighted by atomic mass is 9.63. The normalized spacial score (nSPS) is 27.2. The Morgan fingerprint density at radius 2 is 2.00 bits per heavy atom. The number of nitrogens with zero attached hydrogens (tertiary/aromatic N) is 1. The first-order chi connectivity index (χ1) is 9.81. The third-order valence-electron chi connectivity index (χ3n) is 5.17. The number of thiazole rings is 1. The van der Waals surface area contributed by atoms with Gasteiger partial charge in [0.1, 0.15) is 0 Å². The van der Waals surface area contributed by atoms with E-state index in [1.54, 1.807) is 0 Å². The van der Waals surface area contributed by atoms with Crippen molar-refractivity contribution in [2.45, 2.75) is 72.8 Å². The van der Waals surface area contributed by atoms with E-state index in [2.05, 4.69) is 50.3 Å². The number of nitrogens with one attached hydrogen (secondary N) is 1. The zero-order chi connectivity index (χ0) is 15.5. The van der Waals surface area contributed by atoms with Crippen LogP contribution in [0.2, 0.25) is 0 Å². The van der Waals surface area contributed by atoms with Crippen molar-refractivity contribution >= 4 is 11.3 Å². The molecule has 0 unspecified atom stereocenters. The van der Waals surface area contributed by atoms with Crippen LogP contribution in [0, 0.1) is 16.7 Å². The molecule has 0 radical (unpaired) electrons. The summed E-state index contributed by atoms with van der Waals surface area (Å²) < 4.78 is 0. The van der Waals surface area contributed by atoms with Crippen molar-refractivity contribution in [3.8, 4) is 0 Å². The summed E-state index contributed by atoms with van der Waals surface area (Å²) in [6, 6.07) is 0.568. The fourth-order valence-corrected chi connectivity index (χ4v) is 4.38. The fraction of sp³-hybridized carbons (Fsp3) is 0.833. The van der Waals surface area contributed by atoms with E-state index in [4.69, 9.17) is 0 Å². The summed E-state index contributed by atoms with van der Waals surface area (Å²) in [5, 5.41) is 7.12. The van der Waals surface area contributed by atoms with E-state index >= 15 is 0 Å². The van der Waals surface area contributed by atoms with Crippen LogP contribution in [0.25, 0.3) is 0 Å². The van der Waals surface area contributed by atoms with Crippen LogP contribution in [0.15, 0.2) is 11.6 Å². The summed E-state index contributed by atoms with van der Waals surface area (Å²) in [5.41, 5.74) is 0.878. The van der Waals surface area contributed by atoms with E-state index < -0.39 is 0 Å². The van der Waals surface area contributed by atoms with Gasteiger partial charge in [-0.15, -0.1) is 11.3 Å². The molecule has 0 saturated heterocycles. The molecule has 120 valence electrons. The molecule has 1 fully saturated rings. The zero-order valence-electron chi connectivity index (χ0n) is 14.4. The van der Waals surface area contributed by atoms with Crippen LogP contribution in [0.5, 0.6) is 0 Å². The molecule has 21 heavy (non-hydrogen) atoms. The van der Waals surface area contributed by atoms with Crippen molar-refractivity contribution in [1.82, 2.24) is 10.3 Å². The van der Waals surface area contributed by atoms with E-state index in [0.717, 1.165) is 18.9 Å². The number of hydrogen-bond donors (Lipinski definition) is 1. The molecule has 0 amide bonds. The van der Waals surface area contributed by atoms with Crippen molar-refractivity contribution in [3.05, 3.63) is 16.6 Å². The first-order valence-corrected chi connectivity index (χ1v) is 9.30. The molecular formula is C18H32N2S. The lowest BCUT2D eigenvalue weighted by Crippen LogP contribution is -2.43. The lowest BCUT2D eigenvalue weighted by Gasteiger charge is -2.44. The highest BCUT2D eigenvalue weighted by Gasteiger charge is 2.39. The summed E-state index contributed by atoms with van der Waals surface area (Å²) in [6.45, 7) is 12.8. The Labute approximate surface area is 134 Å². The summed E-state index contributed by atoms with van der Waals surface area (Å²) in [6.07, 6.45) is 8.53. The predicted octanol–water partition coefficient (Wildman–Crippen LogP) is 4.91. The maximum absolute atomic E-state index is 4.54. The molecule has 1 aliphatic rings. The molecule has 1 aliphatic carbocycles. The van der Waals surface area contributed by atoms with Gasteiger partial charge in [-0.1, -0.05) is 34.6 Å². The third kappa shape index (κ3) is 4.79. The smallest absolute Gasteiger partial charge is 0.0930 e. The van der Waals surface area contributed by atoms with Crippen LogP contribution in [-0.4, -0.2) is 17.6 Å². The Balaban J connectivity index is 2.04. The number of hydrogen-bond acceptors (Lipinski definition) is 3. The Morgan fingerprint density at radius 1 is 1.33 bits per heavy atom. The lowest BCUT2D eigenvalue weighted by molar-refractivity contribution is 0.0846. The maximum atomic E-state index is 4.54. The molecule has 0 atom stereocenters. The van der Waals surface area contributed by atoms with Crippen LogP contribution in [0.1, 0.15) is 65.3 Å². The summed E-state index contributed by atoms with van der Waals surface area (Å²) >= 11 is 1.82. The van der Waals surface area contributed by atoms with E-state index in [1.165, 1.54) is 30.7 Å². The molecule has 1 N–H and O–H groups in total. The summed E-state index contributed by atoms with van der Waals surface area (Å²) in [4.78, 5) is 4.54. The number of aromatic nitrogens is 1. The van der Waals surface area contributed by atoms with Gasteiger partial charge in [0.15, 0.2) is 0 Å². The predicted molar refractivity (Wildman–Crippen MR) is 92.8 cm³/mol. The monoisotopic (exact) mass is 308 g/mol. The van der Waals surface area contributed by atoms with Gasteiger partial charge in [0.25, 0.3) is 0 Å². The van der Waals surface area contributed by atoms with Gasteiger partial charge in [-0.05, 0) is 42.4 Å². The van der Waals surface area contributed by atoms with Crippen molar-refractivity contribution in [1.29, 1.82) is 0 Å². The standard InChI is InChI=1S/C18H32N2S/c1-14(2)20-13-18(12-16-19-10-11-21-16)8-6-15(7-9-18)17(3,4)5/h10-11,14-15,20H,6-9,12-13H2,1-5H3. The Kier molecular flexibility index (Phi) is 5.48. The minimum atomic E-state index is 0.421. The van der Waals surface area contributed by atoms with Crippen molar-refractivity contribution in [3.63, 3.8) is 0 Å². The molecule has 1 aromatic heterocycles. The van der Waals surface area contributed by atoms with Gasteiger partial charge in [-0.3, -0.25) is 0 Å². The van der Waals surface area contributed by atoms with Crippen LogP contribution in [-0.2, 0) is 6.42 Å². The van der Waals surface area contributed by atoms with Crippen molar-refractivity contribution in [2.75, 3.05) is 6.54 Å². The second-order valence-electron chi connectivity index (χ2n) is 8.28. The molecule has 0 bridgehead atoms. The van der Waals surface area contributed by atoms with Crippen LogP contribution in [0.3, 0.4) is 0 Å². The van der Waals surface area contributed by atoms with Gasteiger partial charge in [0, 0.05) is 30.6 Å². The van der Waals surface area contributed by atoms with Crippen LogP contribution >= 0.6 is 11.3 Å². The molecule has 0 aliphatic heterocycles. The van der Waals surface area contributed by atoms with E-state index in [0.29, 0.717) is 16.9 Å². The minimum absolute atomic E-state index is 0.421. The molecular weight excluding hydrogens is 276 g/mol. The third-order valence-corrected chi connectivity index (χ3v) is 5.95. The molecule has 2 rings (SSSR count). The molecule has 0 aromatic carbocycles. The van der Waals surface area contributed by atoms with E-state index in [1.807, 2.05) is 17.5 Å². The Morgan fingerprint density at radius 3 is 2.48 bits per heavy atom. The SMILES string of the molecule is CC(C)NCC1(Cc2nccs2)CCC(C(C)(C)C)CC1. The second-order valence-corrected chi connectivity index (χ2v) is 9.26. The average Bonchev–Trinajstić information content (AvgIpc) is 2.89. The molecule has 1 saturated carbocycles. The number of rotatable bonds is 5. The van der Waals surface area contributed by atoms with Gasteiger partial charge in [-0.25, -0.2) is 4.98 Å². The molecule has 2 nitrogen and oxygen atoms in total. The highest BCUT2D eigenvalue weighted by molar-refractivity contribution is 7.09. The van der Waals surface area contributed by atoms with Crippen molar-refractivity contribution in [2.24, 2.45) is 16.7 Å². The second kappa shape index (κ2) is 6.78. The zero-order valence-corrected chi connectivity index (χ0v) is 15.2. The van der Waals surface area contributed by atoms with E-state index in [9.17, 15) is 0 Å². The van der Waals surface area contributed by atoms with Crippen LogP contribution in [0.4, 0.5) is 0 Å². The van der Waals surface area contributed by atoms with Gasteiger partial charge < -0.3 is 5.32 Å². The largest absolute Gasteiger partial charge is 0.314 e. The van der Waals surface area contributed by atoms with Gasteiger partial charge >= 0.3 is 0 Å². The highest BCUT2D eigenvalue weighted by Crippen LogP contribution is 2.46. The highest BCUT2D eigenvalue weighted by atomic mass is 32.1. The average molecular weight is 309 g/mol. The maximum Gasteiger partial charge on any atom is 0.0930 e. The first kappa shape index (κ1) is 17.0. The Bertz CT molecular complexity index is 409. The molecule has 3 heteroatoms. The summed E-state index contributed by atoms with van der Waals surface area (Å²) in [7, 11) is 0. The van der Waals surface area contributed by atoms with Crippen molar-refractivity contribution < 1.29 is 0 Å².